The number of aromatic nitrogens is 1. The number of amides is 1. The number of aryl methyl sites for hydroxylation is 1. The van der Waals surface area contributed by atoms with Gasteiger partial charge in [0.1, 0.15) is 11.5 Å². The molecule has 156 valence electrons. The standard InChI is InChI=1S/C23H19N3O4S/c1-25-13-16(15-6-2-3-7-18(15)25)23(28)30-14-22(27)26-19(21-9-5-11-31-21)12-17(24-26)20-8-4-10-29-20/h2-11,13,19H,12,14H2,1H3/t19-/m0/s1. The fraction of sp³-hybridized carbons (Fsp3) is 0.174. The van der Waals surface area contributed by atoms with Crippen LogP contribution in [0.4, 0.5) is 0 Å². The van der Waals surface area contributed by atoms with Crippen LogP contribution in [0.25, 0.3) is 10.9 Å². The van der Waals surface area contributed by atoms with Gasteiger partial charge >= 0.3 is 5.97 Å². The highest BCUT2D eigenvalue weighted by atomic mass is 32.1. The van der Waals surface area contributed by atoms with Gasteiger partial charge in [-0.2, -0.15) is 5.10 Å². The molecule has 4 aromatic rings. The zero-order chi connectivity index (χ0) is 21.4. The predicted octanol–water partition coefficient (Wildman–Crippen LogP) is 4.37. The molecular formula is C23H19N3O4S. The number of esters is 1. The molecule has 3 aromatic heterocycles. The second-order valence-corrected chi connectivity index (χ2v) is 8.22. The highest BCUT2D eigenvalue weighted by molar-refractivity contribution is 7.10. The second-order valence-electron chi connectivity index (χ2n) is 7.24. The molecule has 0 unspecified atom stereocenters. The first-order chi connectivity index (χ1) is 15.1. The molecule has 0 spiro atoms. The molecule has 5 rings (SSSR count). The largest absolute Gasteiger partial charge is 0.463 e. The van der Waals surface area contributed by atoms with Crippen LogP contribution in [0.3, 0.4) is 0 Å². The first-order valence-corrected chi connectivity index (χ1v) is 10.7. The van der Waals surface area contributed by atoms with Crippen molar-refractivity contribution in [2.45, 2.75) is 12.5 Å². The number of para-hydroxylation sites is 1. The molecule has 0 saturated carbocycles. The third kappa shape index (κ3) is 3.55. The maximum absolute atomic E-state index is 13.0. The van der Waals surface area contributed by atoms with Crippen LogP contribution in [0.5, 0.6) is 0 Å². The van der Waals surface area contributed by atoms with E-state index in [9.17, 15) is 9.59 Å². The van der Waals surface area contributed by atoms with E-state index in [1.54, 1.807) is 29.9 Å². The van der Waals surface area contributed by atoms with Gasteiger partial charge in [-0.3, -0.25) is 4.79 Å². The predicted molar refractivity (Wildman–Crippen MR) is 117 cm³/mol. The lowest BCUT2D eigenvalue weighted by Crippen LogP contribution is -2.31. The number of nitrogens with zero attached hydrogens (tertiary/aromatic N) is 3. The summed E-state index contributed by atoms with van der Waals surface area (Å²) >= 11 is 1.56. The van der Waals surface area contributed by atoms with Gasteiger partial charge in [-0.05, 0) is 29.6 Å². The van der Waals surface area contributed by atoms with Gasteiger partial charge in [0.25, 0.3) is 5.91 Å². The van der Waals surface area contributed by atoms with Crippen molar-refractivity contribution in [3.63, 3.8) is 0 Å². The lowest BCUT2D eigenvalue weighted by Gasteiger charge is -2.20. The molecule has 0 fully saturated rings. The van der Waals surface area contributed by atoms with Gasteiger partial charge in [0.2, 0.25) is 0 Å². The van der Waals surface area contributed by atoms with Crippen molar-refractivity contribution in [1.82, 2.24) is 9.58 Å². The number of thiophene rings is 1. The smallest absolute Gasteiger partial charge is 0.340 e. The number of hydrogen-bond donors (Lipinski definition) is 0. The fourth-order valence-corrected chi connectivity index (χ4v) is 4.62. The van der Waals surface area contributed by atoms with Crippen LogP contribution in [0, 0.1) is 0 Å². The third-order valence-electron chi connectivity index (χ3n) is 5.29. The fourth-order valence-electron chi connectivity index (χ4n) is 3.81. The molecule has 0 radical (unpaired) electrons. The normalized spacial score (nSPS) is 16.0. The number of carbonyl (C=O) groups is 2. The average Bonchev–Trinajstić information content (AvgIpc) is 3.58. The number of hydrazone groups is 1. The SMILES string of the molecule is Cn1cc(C(=O)OCC(=O)N2N=C(c3ccco3)C[C@H]2c2cccs2)c2ccccc21. The lowest BCUT2D eigenvalue weighted by molar-refractivity contribution is -0.136. The van der Waals surface area contributed by atoms with Crippen LogP contribution in [-0.2, 0) is 16.6 Å². The maximum Gasteiger partial charge on any atom is 0.340 e. The minimum absolute atomic E-state index is 0.246. The molecular weight excluding hydrogens is 414 g/mol. The van der Waals surface area contributed by atoms with Crippen LogP contribution >= 0.6 is 11.3 Å². The van der Waals surface area contributed by atoms with Crippen LogP contribution in [0.1, 0.15) is 33.5 Å². The molecule has 1 amide bonds. The Labute approximate surface area is 182 Å². The van der Waals surface area contributed by atoms with Crippen LogP contribution in [0.2, 0.25) is 0 Å². The summed E-state index contributed by atoms with van der Waals surface area (Å²) in [6.45, 7) is -0.390. The molecule has 1 aliphatic heterocycles. The van der Waals surface area contributed by atoms with Gasteiger partial charge in [-0.15, -0.1) is 11.3 Å². The van der Waals surface area contributed by atoms with Crippen molar-refractivity contribution in [2.75, 3.05) is 6.61 Å². The van der Waals surface area contributed by atoms with E-state index in [4.69, 9.17) is 9.15 Å². The van der Waals surface area contributed by atoms with Gasteiger partial charge in [0.15, 0.2) is 6.61 Å². The summed E-state index contributed by atoms with van der Waals surface area (Å²) in [5.41, 5.74) is 2.05. The maximum atomic E-state index is 13.0. The number of hydrogen-bond acceptors (Lipinski definition) is 6. The Morgan fingerprint density at radius 3 is 2.84 bits per heavy atom. The number of fused-ring (bicyclic) bond motifs is 1. The molecule has 8 heteroatoms. The Morgan fingerprint density at radius 1 is 1.19 bits per heavy atom. The van der Waals surface area contributed by atoms with Gasteiger partial charge in [-0.1, -0.05) is 24.3 Å². The molecule has 1 aliphatic rings. The molecule has 0 saturated heterocycles. The molecule has 0 aliphatic carbocycles. The van der Waals surface area contributed by atoms with E-state index in [0.29, 0.717) is 23.5 Å². The van der Waals surface area contributed by atoms with Crippen LogP contribution in [-0.4, -0.2) is 33.8 Å². The van der Waals surface area contributed by atoms with Crippen molar-refractivity contribution < 1.29 is 18.7 Å². The summed E-state index contributed by atoms with van der Waals surface area (Å²) in [4.78, 5) is 26.7. The van der Waals surface area contributed by atoms with E-state index in [1.807, 2.05) is 59.5 Å². The summed E-state index contributed by atoms with van der Waals surface area (Å²) < 4.78 is 12.7. The van der Waals surface area contributed by atoms with E-state index in [-0.39, 0.29) is 11.9 Å². The minimum atomic E-state index is -0.535. The first-order valence-electron chi connectivity index (χ1n) is 9.80. The van der Waals surface area contributed by atoms with Gasteiger partial charge < -0.3 is 13.7 Å². The van der Waals surface area contributed by atoms with Crippen molar-refractivity contribution >= 4 is 39.8 Å². The number of carbonyl (C=O) groups excluding carboxylic acids is 2. The van der Waals surface area contributed by atoms with Gasteiger partial charge in [0, 0.05) is 35.4 Å². The minimum Gasteiger partial charge on any atom is -0.463 e. The molecule has 0 N–H and O–H groups in total. The Hall–Kier alpha value is -3.65. The summed E-state index contributed by atoms with van der Waals surface area (Å²) in [6.07, 6.45) is 3.83. The van der Waals surface area contributed by atoms with E-state index < -0.39 is 12.6 Å². The van der Waals surface area contributed by atoms with E-state index in [2.05, 4.69) is 5.10 Å². The molecule has 31 heavy (non-hydrogen) atoms. The quantitative estimate of drug-likeness (QED) is 0.438. The highest BCUT2D eigenvalue weighted by Crippen LogP contribution is 2.35. The van der Waals surface area contributed by atoms with E-state index in [0.717, 1.165) is 15.8 Å². The Morgan fingerprint density at radius 2 is 2.06 bits per heavy atom. The zero-order valence-electron chi connectivity index (χ0n) is 16.7. The number of rotatable bonds is 5. The van der Waals surface area contributed by atoms with E-state index >= 15 is 0 Å². The Balaban J connectivity index is 1.35. The van der Waals surface area contributed by atoms with E-state index in [1.165, 1.54) is 5.01 Å². The van der Waals surface area contributed by atoms with Crippen molar-refractivity contribution in [3.8, 4) is 0 Å². The monoisotopic (exact) mass is 433 g/mol. The highest BCUT2D eigenvalue weighted by Gasteiger charge is 2.35. The number of benzene rings is 1. The zero-order valence-corrected chi connectivity index (χ0v) is 17.5. The topological polar surface area (TPSA) is 77.0 Å². The Kier molecular flexibility index (Phi) is 4.91. The van der Waals surface area contributed by atoms with Gasteiger partial charge in [-0.25, -0.2) is 9.80 Å². The summed E-state index contributed by atoms with van der Waals surface area (Å²) in [5.74, 6) is -0.287. The summed E-state index contributed by atoms with van der Waals surface area (Å²) in [5, 5.41) is 8.65. The molecule has 4 heterocycles. The number of furan rings is 1. The second kappa shape index (κ2) is 7.88. The third-order valence-corrected chi connectivity index (χ3v) is 6.26. The summed E-state index contributed by atoms with van der Waals surface area (Å²) in [7, 11) is 1.87. The first kappa shape index (κ1) is 19.3. The molecule has 7 nitrogen and oxygen atoms in total. The van der Waals surface area contributed by atoms with Gasteiger partial charge in [0.05, 0.1) is 17.9 Å². The van der Waals surface area contributed by atoms with Crippen LogP contribution < -0.4 is 0 Å². The lowest BCUT2D eigenvalue weighted by atomic mass is 10.1. The molecule has 1 atom stereocenters. The van der Waals surface area contributed by atoms with Crippen LogP contribution in [0.15, 0.2) is 75.9 Å². The average molecular weight is 433 g/mol. The molecule has 1 aromatic carbocycles. The van der Waals surface area contributed by atoms with Crippen molar-refractivity contribution in [3.05, 3.63) is 82.6 Å². The van der Waals surface area contributed by atoms with Crippen molar-refractivity contribution in [2.24, 2.45) is 12.1 Å². The molecule has 0 bridgehead atoms. The number of ether oxygens (including phenoxy) is 1. The summed E-state index contributed by atoms with van der Waals surface area (Å²) in [6, 6.07) is 14.8. The van der Waals surface area contributed by atoms with Crippen molar-refractivity contribution in [1.29, 1.82) is 0 Å². The Bertz CT molecular complexity index is 1270.